The van der Waals surface area contributed by atoms with E-state index in [1.807, 2.05) is 6.92 Å². The first-order valence-electron chi connectivity index (χ1n) is 9.48. The molecule has 4 rings (SSSR count). The smallest absolute Gasteiger partial charge is 0.184 e. The average Bonchev–Trinajstić information content (AvgIpc) is 2.93. The summed E-state index contributed by atoms with van der Waals surface area (Å²) in [7, 11) is 0. The van der Waals surface area contributed by atoms with Crippen LogP contribution in [0.4, 0.5) is 4.39 Å². The Morgan fingerprint density at radius 1 is 1.23 bits per heavy atom. The van der Waals surface area contributed by atoms with Crippen molar-refractivity contribution >= 4 is 17.3 Å². The van der Waals surface area contributed by atoms with E-state index in [0.29, 0.717) is 31.3 Å². The lowest BCUT2D eigenvalue weighted by Gasteiger charge is -2.58. The highest BCUT2D eigenvalue weighted by atomic mass is 19.1. The largest absolute Gasteiger partial charge is 0.389 e. The van der Waals surface area contributed by atoms with Gasteiger partial charge < -0.3 is 5.11 Å². The Labute approximate surface area is 152 Å². The first-order chi connectivity index (χ1) is 12.2. The van der Waals surface area contributed by atoms with Gasteiger partial charge in [0.25, 0.3) is 0 Å². The van der Waals surface area contributed by atoms with Crippen molar-refractivity contribution in [2.24, 2.45) is 28.6 Å². The predicted octanol–water partition coefficient (Wildman–Crippen LogP) is 2.74. The highest BCUT2D eigenvalue weighted by molar-refractivity contribution is 6.02. The molecular weight excluding hydrogens is 335 g/mol. The first-order valence-corrected chi connectivity index (χ1v) is 9.48. The van der Waals surface area contributed by atoms with E-state index in [1.54, 1.807) is 13.0 Å². The van der Waals surface area contributed by atoms with Crippen LogP contribution in [-0.2, 0) is 14.4 Å². The number of aliphatic hydroxyl groups excluding tert-OH is 1. The van der Waals surface area contributed by atoms with Crippen LogP contribution in [0.1, 0.15) is 46.0 Å². The molecule has 4 aliphatic carbocycles. The van der Waals surface area contributed by atoms with Gasteiger partial charge in [-0.2, -0.15) is 0 Å². The summed E-state index contributed by atoms with van der Waals surface area (Å²) < 4.78 is 16.6. The van der Waals surface area contributed by atoms with Crippen LogP contribution in [0.25, 0.3) is 0 Å². The van der Waals surface area contributed by atoms with Gasteiger partial charge >= 0.3 is 0 Å². The van der Waals surface area contributed by atoms with Crippen LogP contribution in [0, 0.1) is 28.6 Å². The summed E-state index contributed by atoms with van der Waals surface area (Å²) in [5.41, 5.74) is -2.98. The van der Waals surface area contributed by atoms with Crippen molar-refractivity contribution in [1.29, 1.82) is 0 Å². The van der Waals surface area contributed by atoms with Crippen molar-refractivity contribution < 1.29 is 23.9 Å². The molecule has 6 atom stereocenters. The standard InChI is InChI=1S/C21H25FO4/c1-19-10-18(26)21(22)15(14(19)5-6-16(19)17(25)11-23)4-3-12-9-13(24)7-8-20(12,21)2/h7-9,14-16,23H,3-6,10-11H2,1-2H3/t14-,15-,16+,19-,20-,21-/m0/s1. The number of hydrogen-bond acceptors (Lipinski definition) is 4. The molecular formula is C21H25FO4. The molecule has 0 aromatic rings. The molecule has 0 bridgehead atoms. The van der Waals surface area contributed by atoms with Crippen LogP contribution >= 0.6 is 0 Å². The third kappa shape index (κ3) is 1.95. The lowest BCUT2D eigenvalue weighted by Crippen LogP contribution is -2.65. The zero-order chi connectivity index (χ0) is 18.9. The quantitative estimate of drug-likeness (QED) is 0.822. The third-order valence-corrected chi connectivity index (χ3v) is 7.94. The van der Waals surface area contributed by atoms with Gasteiger partial charge in [-0.05, 0) is 56.1 Å². The topological polar surface area (TPSA) is 71.4 Å². The molecule has 5 heteroatoms. The van der Waals surface area contributed by atoms with Gasteiger partial charge in [0.15, 0.2) is 23.0 Å². The van der Waals surface area contributed by atoms with Crippen molar-refractivity contribution in [2.45, 2.75) is 51.6 Å². The van der Waals surface area contributed by atoms with Gasteiger partial charge in [0.2, 0.25) is 0 Å². The molecule has 140 valence electrons. The highest BCUT2D eigenvalue weighted by Crippen LogP contribution is 2.67. The molecule has 3 saturated carbocycles. The number of carbonyl (C=O) groups is 3. The monoisotopic (exact) mass is 360 g/mol. The van der Waals surface area contributed by atoms with Gasteiger partial charge in [0.05, 0.1) is 0 Å². The normalized spacial score (nSPS) is 47.1. The highest BCUT2D eigenvalue weighted by Gasteiger charge is 2.71. The fourth-order valence-corrected chi connectivity index (χ4v) is 6.57. The Balaban J connectivity index is 1.79. The van der Waals surface area contributed by atoms with Crippen LogP contribution in [0.5, 0.6) is 0 Å². The lowest BCUT2D eigenvalue weighted by atomic mass is 9.45. The molecule has 0 heterocycles. The maximum absolute atomic E-state index is 16.6. The van der Waals surface area contributed by atoms with E-state index in [9.17, 15) is 19.5 Å². The van der Waals surface area contributed by atoms with Crippen LogP contribution in [0.15, 0.2) is 23.8 Å². The van der Waals surface area contributed by atoms with Crippen LogP contribution in [0.2, 0.25) is 0 Å². The van der Waals surface area contributed by atoms with E-state index in [0.717, 1.165) is 0 Å². The van der Waals surface area contributed by atoms with Gasteiger partial charge in [-0.25, -0.2) is 4.39 Å². The number of ketones is 3. The molecule has 4 aliphatic rings. The molecule has 0 amide bonds. The number of allylic oxidation sites excluding steroid dienone is 4. The van der Waals surface area contributed by atoms with Gasteiger partial charge in [0.1, 0.15) is 6.61 Å². The summed E-state index contributed by atoms with van der Waals surface area (Å²) >= 11 is 0. The zero-order valence-corrected chi connectivity index (χ0v) is 15.3. The number of fused-ring (bicyclic) bond motifs is 5. The fourth-order valence-electron chi connectivity index (χ4n) is 6.57. The molecule has 0 aliphatic heterocycles. The van der Waals surface area contributed by atoms with Gasteiger partial charge in [-0.3, -0.25) is 14.4 Å². The molecule has 0 aromatic carbocycles. The van der Waals surface area contributed by atoms with Crippen molar-refractivity contribution in [1.82, 2.24) is 0 Å². The first kappa shape index (κ1) is 17.8. The van der Waals surface area contributed by atoms with E-state index in [1.165, 1.54) is 12.2 Å². The Bertz CT molecular complexity index is 768. The maximum atomic E-state index is 16.6. The second-order valence-corrected chi connectivity index (χ2v) is 8.93. The third-order valence-electron chi connectivity index (χ3n) is 7.94. The molecule has 4 nitrogen and oxygen atoms in total. The van der Waals surface area contributed by atoms with E-state index in [-0.39, 0.29) is 29.8 Å². The molecule has 0 aromatic heterocycles. The average molecular weight is 360 g/mol. The van der Waals surface area contributed by atoms with Crippen molar-refractivity contribution in [3.63, 3.8) is 0 Å². The summed E-state index contributed by atoms with van der Waals surface area (Å²) in [6, 6.07) is 0. The maximum Gasteiger partial charge on any atom is 0.184 e. The Morgan fingerprint density at radius 3 is 2.65 bits per heavy atom. The van der Waals surface area contributed by atoms with Crippen LogP contribution < -0.4 is 0 Å². The number of rotatable bonds is 2. The minimum Gasteiger partial charge on any atom is -0.389 e. The summed E-state index contributed by atoms with van der Waals surface area (Å²) in [6.45, 7) is 3.14. The van der Waals surface area contributed by atoms with Gasteiger partial charge in [-0.15, -0.1) is 0 Å². The number of aliphatic hydroxyl groups is 1. The minimum absolute atomic E-state index is 0.0196. The van der Waals surface area contributed by atoms with E-state index >= 15 is 4.39 Å². The predicted molar refractivity (Wildman–Crippen MR) is 92.9 cm³/mol. The number of Topliss-reactive ketones (excluding diaryl/α,β-unsaturated/α-hetero) is 2. The van der Waals surface area contributed by atoms with Crippen molar-refractivity contribution in [3.8, 4) is 0 Å². The molecule has 26 heavy (non-hydrogen) atoms. The number of alkyl halides is 1. The van der Waals surface area contributed by atoms with Gasteiger partial charge in [-0.1, -0.05) is 18.6 Å². The van der Waals surface area contributed by atoms with E-state index in [4.69, 9.17) is 0 Å². The molecule has 0 radical (unpaired) electrons. The molecule has 0 saturated heterocycles. The van der Waals surface area contributed by atoms with Crippen molar-refractivity contribution in [3.05, 3.63) is 23.8 Å². The Kier molecular flexibility index (Phi) is 3.72. The minimum atomic E-state index is -2.03. The van der Waals surface area contributed by atoms with Crippen LogP contribution in [0.3, 0.4) is 0 Å². The number of hydrogen-bond donors (Lipinski definition) is 1. The van der Waals surface area contributed by atoms with Crippen molar-refractivity contribution in [2.75, 3.05) is 6.61 Å². The van der Waals surface area contributed by atoms with E-state index in [2.05, 4.69) is 0 Å². The summed E-state index contributed by atoms with van der Waals surface area (Å²) in [5, 5.41) is 9.31. The zero-order valence-electron chi connectivity index (χ0n) is 15.3. The molecule has 0 unspecified atom stereocenters. The molecule has 0 spiro atoms. The summed E-state index contributed by atoms with van der Waals surface area (Å²) in [4.78, 5) is 37.2. The van der Waals surface area contributed by atoms with Crippen LogP contribution in [-0.4, -0.2) is 34.7 Å². The summed E-state index contributed by atoms with van der Waals surface area (Å²) in [5.74, 6) is -1.73. The second kappa shape index (κ2) is 5.44. The number of halogens is 1. The lowest BCUT2D eigenvalue weighted by molar-refractivity contribution is -0.167. The number of carbonyl (C=O) groups excluding carboxylic acids is 3. The van der Waals surface area contributed by atoms with E-state index < -0.39 is 34.8 Å². The molecule has 3 fully saturated rings. The Hall–Kier alpha value is -1.62. The fraction of sp³-hybridized carbons (Fsp3) is 0.667. The Morgan fingerprint density at radius 2 is 1.96 bits per heavy atom. The summed E-state index contributed by atoms with van der Waals surface area (Å²) in [6.07, 6.45) is 6.90. The van der Waals surface area contributed by atoms with Gasteiger partial charge in [0, 0.05) is 23.7 Å². The molecule has 1 N–H and O–H groups in total. The SMILES string of the molecule is C[C@]12CC(=O)[C@@]3(F)[C@@H](CCC4=CC(=O)C=C[C@@]43C)[C@@H]1CC[C@@H]2C(=O)CO. The second-order valence-electron chi connectivity index (χ2n) is 8.93.